The van der Waals surface area contributed by atoms with E-state index in [1.807, 2.05) is 37.3 Å². The van der Waals surface area contributed by atoms with Crippen LogP contribution in [0.25, 0.3) is 10.8 Å². The largest absolute Gasteiger partial charge is 0.507 e. The molecule has 2 rings (SSSR count). The molecule has 0 amide bonds. The van der Waals surface area contributed by atoms with Gasteiger partial charge in [0.05, 0.1) is 0 Å². The summed E-state index contributed by atoms with van der Waals surface area (Å²) < 4.78 is 0. The van der Waals surface area contributed by atoms with Gasteiger partial charge in [0.2, 0.25) is 0 Å². The Hall–Kier alpha value is -1.25. The summed E-state index contributed by atoms with van der Waals surface area (Å²) in [7, 11) is 0. The number of benzene rings is 2. The van der Waals surface area contributed by atoms with Gasteiger partial charge in [0.15, 0.2) is 0 Å². The van der Waals surface area contributed by atoms with Crippen LogP contribution in [0.5, 0.6) is 5.75 Å². The Bertz CT molecular complexity index is 468. The Labute approximate surface area is 95.1 Å². The molecule has 0 saturated heterocycles. The van der Waals surface area contributed by atoms with E-state index in [1.54, 1.807) is 6.07 Å². The highest BCUT2D eigenvalue weighted by atomic mass is 35.5. The molecule has 80 valence electrons. The Morgan fingerprint density at radius 1 is 1.07 bits per heavy atom. The fourth-order valence-corrected chi connectivity index (χ4v) is 1.70. The van der Waals surface area contributed by atoms with E-state index in [2.05, 4.69) is 0 Å². The van der Waals surface area contributed by atoms with Crippen LogP contribution in [0.1, 0.15) is 18.5 Å². The van der Waals surface area contributed by atoms with E-state index in [1.165, 1.54) is 0 Å². The number of hydrogen-bond acceptors (Lipinski definition) is 2. The quantitative estimate of drug-likeness (QED) is 0.781. The molecule has 2 aromatic carbocycles. The molecular weight excluding hydrogens is 210 g/mol. The number of phenols is 1. The second-order valence-corrected chi connectivity index (χ2v) is 3.51. The van der Waals surface area contributed by atoms with E-state index < -0.39 is 0 Å². The van der Waals surface area contributed by atoms with Gasteiger partial charge in [-0.15, -0.1) is 12.4 Å². The Morgan fingerprint density at radius 2 is 1.67 bits per heavy atom. The van der Waals surface area contributed by atoms with Gasteiger partial charge in [-0.1, -0.05) is 30.3 Å². The fraction of sp³-hybridized carbons (Fsp3) is 0.167. The molecule has 2 nitrogen and oxygen atoms in total. The van der Waals surface area contributed by atoms with Crippen LogP contribution >= 0.6 is 12.4 Å². The fourth-order valence-electron chi connectivity index (χ4n) is 1.70. The maximum Gasteiger partial charge on any atom is 0.123 e. The van der Waals surface area contributed by atoms with Crippen molar-refractivity contribution in [2.75, 3.05) is 0 Å². The van der Waals surface area contributed by atoms with Crippen molar-refractivity contribution in [3.8, 4) is 5.75 Å². The first-order chi connectivity index (χ1) is 6.70. The molecule has 0 saturated carbocycles. The first-order valence-corrected chi connectivity index (χ1v) is 4.66. The van der Waals surface area contributed by atoms with Crippen LogP contribution in [0.3, 0.4) is 0 Å². The monoisotopic (exact) mass is 223 g/mol. The maximum atomic E-state index is 9.64. The average Bonchev–Trinajstić information content (AvgIpc) is 2.18. The number of halogens is 1. The SMILES string of the molecule is C[C@H](N)c1ccc(O)c2ccccc12.Cl. The molecular formula is C12H14ClNO. The minimum Gasteiger partial charge on any atom is -0.507 e. The van der Waals surface area contributed by atoms with Gasteiger partial charge < -0.3 is 10.8 Å². The third-order valence-corrected chi connectivity index (χ3v) is 2.43. The van der Waals surface area contributed by atoms with Crippen molar-refractivity contribution >= 4 is 23.2 Å². The molecule has 0 aromatic heterocycles. The van der Waals surface area contributed by atoms with Crippen LogP contribution in [-0.2, 0) is 0 Å². The summed E-state index contributed by atoms with van der Waals surface area (Å²) in [4.78, 5) is 0. The Kier molecular flexibility index (Phi) is 3.56. The van der Waals surface area contributed by atoms with E-state index >= 15 is 0 Å². The molecule has 3 N–H and O–H groups in total. The lowest BCUT2D eigenvalue weighted by Crippen LogP contribution is -2.05. The predicted octanol–water partition coefficient (Wildman–Crippen LogP) is 2.99. The summed E-state index contributed by atoms with van der Waals surface area (Å²) in [6, 6.07) is 11.3. The average molecular weight is 224 g/mol. The van der Waals surface area contributed by atoms with Crippen molar-refractivity contribution < 1.29 is 5.11 Å². The normalized spacial score (nSPS) is 12.1. The van der Waals surface area contributed by atoms with E-state index in [4.69, 9.17) is 5.73 Å². The zero-order chi connectivity index (χ0) is 10.1. The molecule has 0 radical (unpaired) electrons. The molecule has 0 heterocycles. The summed E-state index contributed by atoms with van der Waals surface area (Å²) >= 11 is 0. The van der Waals surface area contributed by atoms with Gasteiger partial charge in [0.25, 0.3) is 0 Å². The molecule has 1 atom stereocenters. The van der Waals surface area contributed by atoms with Gasteiger partial charge in [-0.05, 0) is 23.9 Å². The second kappa shape index (κ2) is 4.51. The minimum absolute atomic E-state index is 0. The number of fused-ring (bicyclic) bond motifs is 1. The first-order valence-electron chi connectivity index (χ1n) is 4.66. The summed E-state index contributed by atoms with van der Waals surface area (Å²) in [5, 5.41) is 11.5. The first kappa shape index (κ1) is 11.8. The van der Waals surface area contributed by atoms with Crippen LogP contribution in [0.4, 0.5) is 0 Å². The van der Waals surface area contributed by atoms with Gasteiger partial charge >= 0.3 is 0 Å². The van der Waals surface area contributed by atoms with Gasteiger partial charge in [-0.25, -0.2) is 0 Å². The van der Waals surface area contributed by atoms with E-state index in [9.17, 15) is 5.11 Å². The van der Waals surface area contributed by atoms with Crippen molar-refractivity contribution in [2.24, 2.45) is 5.73 Å². The molecule has 15 heavy (non-hydrogen) atoms. The Balaban J connectivity index is 0.00000112. The molecule has 3 heteroatoms. The molecule has 0 unspecified atom stereocenters. The molecule has 0 fully saturated rings. The van der Waals surface area contributed by atoms with Gasteiger partial charge in [0.1, 0.15) is 5.75 Å². The molecule has 0 aliphatic carbocycles. The van der Waals surface area contributed by atoms with Crippen LogP contribution in [-0.4, -0.2) is 5.11 Å². The third kappa shape index (κ3) is 2.06. The minimum atomic E-state index is -0.0134. The number of nitrogens with two attached hydrogens (primary N) is 1. The van der Waals surface area contributed by atoms with Gasteiger partial charge in [-0.2, -0.15) is 0 Å². The topological polar surface area (TPSA) is 46.2 Å². The van der Waals surface area contributed by atoms with Crippen molar-refractivity contribution in [1.82, 2.24) is 0 Å². The van der Waals surface area contributed by atoms with Crippen molar-refractivity contribution in [3.05, 3.63) is 42.0 Å². The number of aromatic hydroxyl groups is 1. The van der Waals surface area contributed by atoms with Crippen molar-refractivity contribution in [3.63, 3.8) is 0 Å². The lowest BCUT2D eigenvalue weighted by Gasteiger charge is -2.10. The second-order valence-electron chi connectivity index (χ2n) is 3.51. The van der Waals surface area contributed by atoms with Crippen LogP contribution in [0.15, 0.2) is 36.4 Å². The highest BCUT2D eigenvalue weighted by molar-refractivity contribution is 5.91. The Morgan fingerprint density at radius 3 is 2.27 bits per heavy atom. The number of rotatable bonds is 1. The molecule has 0 aliphatic heterocycles. The predicted molar refractivity (Wildman–Crippen MR) is 65.5 cm³/mol. The number of hydrogen-bond donors (Lipinski definition) is 2. The highest BCUT2D eigenvalue weighted by Crippen LogP contribution is 2.29. The summed E-state index contributed by atoms with van der Waals surface area (Å²) in [5.74, 6) is 0.310. The zero-order valence-electron chi connectivity index (χ0n) is 8.47. The lowest BCUT2D eigenvalue weighted by molar-refractivity contribution is 0.481. The van der Waals surface area contributed by atoms with Gasteiger partial charge in [-0.3, -0.25) is 0 Å². The molecule has 0 aliphatic rings. The number of phenolic OH excluding ortho intramolecular Hbond substituents is 1. The molecule has 0 bridgehead atoms. The van der Waals surface area contributed by atoms with Crippen LogP contribution in [0, 0.1) is 0 Å². The molecule has 2 aromatic rings. The van der Waals surface area contributed by atoms with Crippen molar-refractivity contribution in [1.29, 1.82) is 0 Å². The summed E-state index contributed by atoms with van der Waals surface area (Å²) in [5.41, 5.74) is 6.92. The maximum absolute atomic E-state index is 9.64. The lowest BCUT2D eigenvalue weighted by atomic mass is 9.99. The standard InChI is InChI=1S/C12H13NO.ClH/c1-8(13)9-6-7-12(14)11-5-3-2-4-10(9)11;/h2-8,14H,13H2,1H3;1H/t8-;/m0./s1. The zero-order valence-corrected chi connectivity index (χ0v) is 9.29. The highest BCUT2D eigenvalue weighted by Gasteiger charge is 2.06. The summed E-state index contributed by atoms with van der Waals surface area (Å²) in [6.07, 6.45) is 0. The van der Waals surface area contributed by atoms with Crippen molar-refractivity contribution in [2.45, 2.75) is 13.0 Å². The van der Waals surface area contributed by atoms with Gasteiger partial charge in [0, 0.05) is 11.4 Å². The third-order valence-electron chi connectivity index (χ3n) is 2.43. The molecule has 0 spiro atoms. The van der Waals surface area contributed by atoms with E-state index in [0.29, 0.717) is 5.75 Å². The van der Waals surface area contributed by atoms with Crippen LogP contribution in [0.2, 0.25) is 0 Å². The summed E-state index contributed by atoms with van der Waals surface area (Å²) in [6.45, 7) is 1.94. The van der Waals surface area contributed by atoms with E-state index in [-0.39, 0.29) is 18.4 Å². The van der Waals surface area contributed by atoms with Crippen LogP contribution < -0.4 is 5.73 Å². The van der Waals surface area contributed by atoms with E-state index in [0.717, 1.165) is 16.3 Å². The smallest absolute Gasteiger partial charge is 0.123 e.